The first-order valence-corrected chi connectivity index (χ1v) is 19.0. The number of fused-ring (bicyclic) bond motifs is 1. The lowest BCUT2D eigenvalue weighted by Crippen LogP contribution is -2.37. The molecule has 0 atom stereocenters. The molecule has 0 radical (unpaired) electrons. The predicted octanol–water partition coefficient (Wildman–Crippen LogP) is 5.10. The molecule has 0 spiro atoms. The Labute approximate surface area is 314 Å². The Kier molecular flexibility index (Phi) is 24.4. The molecule has 2 fully saturated rings. The number of carbonyl (C=O) groups is 4. The van der Waals surface area contributed by atoms with E-state index in [9.17, 15) is 19.2 Å². The van der Waals surface area contributed by atoms with Gasteiger partial charge in [-0.05, 0) is 57.7 Å². The number of H-pyrrole nitrogens is 2. The van der Waals surface area contributed by atoms with Crippen molar-refractivity contribution in [3.63, 3.8) is 0 Å². The maximum absolute atomic E-state index is 11.3. The second kappa shape index (κ2) is 28.0. The lowest BCUT2D eigenvalue weighted by molar-refractivity contribution is -0.131. The highest BCUT2D eigenvalue weighted by Crippen LogP contribution is 2.31. The lowest BCUT2D eigenvalue weighted by Gasteiger charge is -2.14. The van der Waals surface area contributed by atoms with E-state index in [4.69, 9.17) is 0 Å². The fraction of sp³-hybridized carbons (Fsp3) is 0.543. The summed E-state index contributed by atoms with van der Waals surface area (Å²) in [5, 5.41) is 6.29. The average molecular weight is 759 g/mol. The van der Waals surface area contributed by atoms with Gasteiger partial charge in [-0.15, -0.1) is 0 Å². The van der Waals surface area contributed by atoms with Gasteiger partial charge in [0.15, 0.2) is 14.7 Å². The SMILES string of the molecule is C(#Cc1nc2sc(-c3cnc[nH]3)nc2s1)c1cnc[nH]1.CC(=O)NCC(=O)N1CCCC1.CCC.CCC.CN1CCCC1.COC(=O)NCC=O. The minimum Gasteiger partial charge on any atom is -0.453 e. The van der Waals surface area contributed by atoms with Crippen molar-refractivity contribution in [2.24, 2.45) is 0 Å². The Morgan fingerprint density at radius 1 is 0.885 bits per heavy atom. The van der Waals surface area contributed by atoms with E-state index >= 15 is 0 Å². The number of thiazole rings is 2. The van der Waals surface area contributed by atoms with E-state index in [0.29, 0.717) is 6.29 Å². The number of imidazole rings is 2. The molecule has 0 aliphatic carbocycles. The number of aromatic nitrogens is 6. The predicted molar refractivity (Wildman–Crippen MR) is 207 cm³/mol. The summed E-state index contributed by atoms with van der Waals surface area (Å²) >= 11 is 3.01. The highest BCUT2D eigenvalue weighted by molar-refractivity contribution is 7.28. The molecule has 52 heavy (non-hydrogen) atoms. The topological polar surface area (TPSA) is 191 Å². The second-order valence-electron chi connectivity index (χ2n) is 11.3. The van der Waals surface area contributed by atoms with Gasteiger partial charge < -0.3 is 39.9 Å². The van der Waals surface area contributed by atoms with Crippen LogP contribution < -0.4 is 10.6 Å². The number of amides is 3. The molecule has 4 N–H and O–H groups in total. The zero-order valence-electron chi connectivity index (χ0n) is 31.4. The van der Waals surface area contributed by atoms with Crippen LogP contribution in [0.25, 0.3) is 20.4 Å². The van der Waals surface area contributed by atoms with Crippen molar-refractivity contribution in [1.82, 2.24) is 50.3 Å². The van der Waals surface area contributed by atoms with E-state index in [1.54, 1.807) is 29.9 Å². The van der Waals surface area contributed by atoms with Gasteiger partial charge in [0.25, 0.3) is 0 Å². The minimum absolute atomic E-state index is 0.00662. The van der Waals surface area contributed by atoms with Crippen molar-refractivity contribution in [3.8, 4) is 22.5 Å². The number of aldehydes is 1. The summed E-state index contributed by atoms with van der Waals surface area (Å²) in [5.74, 6) is 5.86. The molecule has 4 aromatic heterocycles. The quantitative estimate of drug-likeness (QED) is 0.157. The van der Waals surface area contributed by atoms with Crippen LogP contribution in [0.2, 0.25) is 0 Å². The number of nitrogens with one attached hydrogen (secondary N) is 4. The van der Waals surface area contributed by atoms with Crippen LogP contribution in [0.3, 0.4) is 0 Å². The van der Waals surface area contributed by atoms with Gasteiger partial charge >= 0.3 is 6.09 Å². The molecule has 286 valence electrons. The maximum Gasteiger partial charge on any atom is 0.407 e. The molecule has 6 rings (SSSR count). The van der Waals surface area contributed by atoms with Crippen LogP contribution in [-0.4, -0.2) is 117 Å². The van der Waals surface area contributed by atoms with Gasteiger partial charge in [-0.2, -0.15) is 0 Å². The molecular weight excluding hydrogens is 705 g/mol. The van der Waals surface area contributed by atoms with E-state index in [1.807, 2.05) is 0 Å². The average Bonchev–Trinajstić information content (AvgIpc) is 3.98. The monoisotopic (exact) mass is 758 g/mol. The van der Waals surface area contributed by atoms with E-state index in [0.717, 1.165) is 57.0 Å². The zero-order valence-corrected chi connectivity index (χ0v) is 33.0. The summed E-state index contributed by atoms with van der Waals surface area (Å²) in [4.78, 5) is 70.2. The summed E-state index contributed by atoms with van der Waals surface area (Å²) in [5.41, 5.74) is 1.68. The largest absolute Gasteiger partial charge is 0.453 e. The van der Waals surface area contributed by atoms with E-state index < -0.39 is 6.09 Å². The number of hydrogen-bond acceptors (Lipinski definition) is 12. The van der Waals surface area contributed by atoms with Crippen LogP contribution in [0.1, 0.15) is 83.8 Å². The highest BCUT2D eigenvalue weighted by atomic mass is 32.1. The van der Waals surface area contributed by atoms with Crippen molar-refractivity contribution < 1.29 is 23.9 Å². The van der Waals surface area contributed by atoms with Gasteiger partial charge in [0.05, 0.1) is 50.9 Å². The maximum atomic E-state index is 11.3. The van der Waals surface area contributed by atoms with E-state index in [2.05, 4.69) is 96.8 Å². The number of hydrogen-bond donors (Lipinski definition) is 4. The first-order valence-electron chi connectivity index (χ1n) is 17.3. The standard InChI is InChI=1S/C12H6N6S2.C8H14N2O2.C5H11N.C4H7NO3.2C3H8/c1(7-3-13-5-15-7)2-9-17-11-12(19-9)18-10(20-11)8-4-14-6-16-8;1-7(11)9-6-8(12)10-4-2-3-5-10;1-6-4-2-3-5-6;1-8-4(7)5-2-3-6;2*1-3-2/h3-6H,(H,13,15)(H,14,16);2-6H2,1H3,(H,9,11);2-5H2,1H3;3H,2H2,1H3,(H,5,7);2*3H2,1-2H3. The van der Waals surface area contributed by atoms with Gasteiger partial charge in [-0.3, -0.25) is 9.59 Å². The van der Waals surface area contributed by atoms with Crippen molar-refractivity contribution in [1.29, 1.82) is 0 Å². The van der Waals surface area contributed by atoms with Gasteiger partial charge in [-0.1, -0.05) is 63.2 Å². The van der Waals surface area contributed by atoms with Crippen molar-refractivity contribution in [3.05, 3.63) is 35.7 Å². The van der Waals surface area contributed by atoms with Crippen molar-refractivity contribution in [2.45, 2.75) is 73.1 Å². The molecule has 3 amide bonds. The Morgan fingerprint density at radius 2 is 1.48 bits per heavy atom. The van der Waals surface area contributed by atoms with Gasteiger partial charge in [0.1, 0.15) is 17.0 Å². The van der Waals surface area contributed by atoms with E-state index in [-0.39, 0.29) is 24.9 Å². The van der Waals surface area contributed by atoms with Crippen LogP contribution in [-0.2, 0) is 19.1 Å². The number of rotatable bonds is 5. The smallest absolute Gasteiger partial charge is 0.407 e. The summed E-state index contributed by atoms with van der Waals surface area (Å²) in [7, 11) is 3.41. The van der Waals surface area contributed by atoms with Crippen LogP contribution in [0.4, 0.5) is 4.79 Å². The molecule has 17 heteroatoms. The molecule has 0 aromatic carbocycles. The summed E-state index contributed by atoms with van der Waals surface area (Å²) in [6.45, 7) is 14.4. The molecular formula is C35H54N10O5S2. The Balaban J connectivity index is 0.000000361. The minimum atomic E-state index is -0.586. The van der Waals surface area contributed by atoms with Crippen LogP contribution in [0.15, 0.2) is 25.0 Å². The Bertz CT molecular complexity index is 1570. The molecule has 0 unspecified atom stereocenters. The number of alkyl carbamates (subject to hydrolysis) is 1. The normalized spacial score (nSPS) is 12.6. The Morgan fingerprint density at radius 3 is 1.96 bits per heavy atom. The number of methoxy groups -OCH3 is 1. The first-order chi connectivity index (χ1) is 25.1. The Hall–Kier alpha value is -4.66. The molecule has 2 aliphatic rings. The third kappa shape index (κ3) is 19.7. The molecule has 15 nitrogen and oxygen atoms in total. The van der Waals surface area contributed by atoms with Crippen LogP contribution in [0, 0.1) is 11.8 Å². The molecule has 2 saturated heterocycles. The fourth-order valence-corrected chi connectivity index (χ4v) is 5.85. The van der Waals surface area contributed by atoms with E-state index in [1.165, 1.54) is 75.5 Å². The number of likely N-dealkylation sites (tertiary alicyclic amines) is 2. The molecule has 2 aliphatic heterocycles. The van der Waals surface area contributed by atoms with Crippen molar-refractivity contribution >= 4 is 56.5 Å². The van der Waals surface area contributed by atoms with Gasteiger partial charge in [0, 0.05) is 20.0 Å². The molecule has 0 bridgehead atoms. The number of ether oxygens (including phenoxy) is 1. The van der Waals surface area contributed by atoms with Crippen molar-refractivity contribution in [2.75, 3.05) is 53.4 Å². The van der Waals surface area contributed by atoms with Gasteiger partial charge in [-0.25, -0.2) is 24.7 Å². The number of carbonyl (C=O) groups excluding carboxylic acids is 4. The third-order valence-corrected chi connectivity index (χ3v) is 8.28. The third-order valence-electron chi connectivity index (χ3n) is 6.30. The zero-order chi connectivity index (χ0) is 38.6. The lowest BCUT2D eigenvalue weighted by atomic mass is 10.4. The summed E-state index contributed by atoms with van der Waals surface area (Å²) in [6, 6.07) is 0. The fourth-order valence-electron chi connectivity index (χ4n) is 3.98. The first kappa shape index (κ1) is 45.4. The molecule has 0 saturated carbocycles. The number of aromatic amines is 2. The number of nitrogens with zero attached hydrogens (tertiary/aromatic N) is 6. The summed E-state index contributed by atoms with van der Waals surface area (Å²) in [6.07, 6.45) is 14.2. The highest BCUT2D eigenvalue weighted by Gasteiger charge is 2.17. The molecule has 4 aromatic rings. The van der Waals surface area contributed by atoms with Gasteiger partial charge in [0.2, 0.25) is 11.8 Å². The summed E-state index contributed by atoms with van der Waals surface area (Å²) < 4.78 is 4.14. The van der Waals surface area contributed by atoms with Crippen LogP contribution >= 0.6 is 22.7 Å². The van der Waals surface area contributed by atoms with Crippen LogP contribution in [0.5, 0.6) is 0 Å². The molecule has 6 heterocycles. The second-order valence-corrected chi connectivity index (χ2v) is 13.2.